The van der Waals surface area contributed by atoms with Gasteiger partial charge in [-0.25, -0.2) is 0 Å². The molecule has 1 amide bonds. The molecule has 1 aliphatic rings. The Morgan fingerprint density at radius 1 is 1.26 bits per heavy atom. The molecule has 1 fully saturated rings. The predicted molar refractivity (Wildman–Crippen MR) is 78.1 cm³/mol. The fraction of sp³-hybridized carbons (Fsp3) is 0.933. The maximum Gasteiger partial charge on any atom is 0.227 e. The fourth-order valence-corrected chi connectivity index (χ4v) is 2.44. The van der Waals surface area contributed by atoms with E-state index in [0.29, 0.717) is 12.1 Å². The average Bonchev–Trinajstić information content (AvgIpc) is 2.36. The van der Waals surface area contributed by atoms with E-state index in [1.807, 2.05) is 25.7 Å². The number of carbonyl (C=O) groups excluding carboxylic acids is 1. The van der Waals surface area contributed by atoms with E-state index >= 15 is 0 Å². The minimum Gasteiger partial charge on any atom is -0.380 e. The van der Waals surface area contributed by atoms with Crippen molar-refractivity contribution in [3.63, 3.8) is 0 Å². The summed E-state index contributed by atoms with van der Waals surface area (Å²) in [6.07, 6.45) is 2.28. The number of amides is 1. The lowest BCUT2D eigenvalue weighted by Crippen LogP contribution is -2.51. The van der Waals surface area contributed by atoms with Crippen LogP contribution in [0.15, 0.2) is 0 Å². The van der Waals surface area contributed by atoms with Crippen molar-refractivity contribution in [3.8, 4) is 0 Å². The summed E-state index contributed by atoms with van der Waals surface area (Å²) in [5, 5.41) is 3.60. The number of methoxy groups -OCH3 is 1. The Hall–Kier alpha value is -0.610. The second-order valence-electron chi connectivity index (χ2n) is 6.71. The van der Waals surface area contributed by atoms with E-state index in [4.69, 9.17) is 4.74 Å². The molecule has 0 bridgehead atoms. The van der Waals surface area contributed by atoms with Crippen molar-refractivity contribution in [3.05, 3.63) is 0 Å². The summed E-state index contributed by atoms with van der Waals surface area (Å²) in [4.78, 5) is 14.2. The van der Waals surface area contributed by atoms with Crippen LogP contribution in [-0.2, 0) is 9.53 Å². The van der Waals surface area contributed by atoms with Gasteiger partial charge in [0.25, 0.3) is 0 Å². The van der Waals surface area contributed by atoms with Gasteiger partial charge >= 0.3 is 0 Å². The summed E-state index contributed by atoms with van der Waals surface area (Å²) in [5.74, 6) is 0.268. The third-order valence-electron chi connectivity index (χ3n) is 4.00. The highest BCUT2D eigenvalue weighted by molar-refractivity contribution is 5.81. The molecule has 0 aliphatic carbocycles. The lowest BCUT2D eigenvalue weighted by Gasteiger charge is -2.37. The number of hydrogen-bond donors (Lipinski definition) is 1. The van der Waals surface area contributed by atoms with E-state index < -0.39 is 0 Å². The van der Waals surface area contributed by atoms with Gasteiger partial charge in [0.1, 0.15) is 0 Å². The third kappa shape index (κ3) is 4.77. The highest BCUT2D eigenvalue weighted by Gasteiger charge is 2.30. The van der Waals surface area contributed by atoms with Crippen LogP contribution >= 0.6 is 0 Å². The Bertz CT molecular complexity index is 291. The third-order valence-corrected chi connectivity index (χ3v) is 4.00. The molecule has 112 valence electrons. The minimum absolute atomic E-state index is 0.217. The highest BCUT2D eigenvalue weighted by Crippen LogP contribution is 2.21. The number of piperidine rings is 1. The van der Waals surface area contributed by atoms with Crippen LogP contribution in [0.25, 0.3) is 0 Å². The summed E-state index contributed by atoms with van der Waals surface area (Å²) < 4.78 is 5.33. The van der Waals surface area contributed by atoms with Crippen LogP contribution in [-0.4, -0.2) is 49.2 Å². The van der Waals surface area contributed by atoms with Gasteiger partial charge in [0, 0.05) is 37.7 Å². The first kappa shape index (κ1) is 16.4. The highest BCUT2D eigenvalue weighted by atomic mass is 16.5. The van der Waals surface area contributed by atoms with Crippen molar-refractivity contribution in [2.24, 2.45) is 5.41 Å². The lowest BCUT2D eigenvalue weighted by atomic mass is 9.93. The van der Waals surface area contributed by atoms with Crippen molar-refractivity contribution < 1.29 is 9.53 Å². The molecule has 4 nitrogen and oxygen atoms in total. The van der Waals surface area contributed by atoms with Crippen molar-refractivity contribution in [1.82, 2.24) is 10.2 Å². The van der Waals surface area contributed by atoms with Gasteiger partial charge in [0.2, 0.25) is 5.91 Å². The molecule has 0 aromatic carbocycles. The second-order valence-corrected chi connectivity index (χ2v) is 6.71. The van der Waals surface area contributed by atoms with Crippen LogP contribution in [0.2, 0.25) is 0 Å². The molecule has 0 radical (unpaired) electrons. The second kappa shape index (κ2) is 6.71. The summed E-state index contributed by atoms with van der Waals surface area (Å²) in [6.45, 7) is 11.9. The number of ether oxygens (including phenoxy) is 1. The van der Waals surface area contributed by atoms with E-state index in [9.17, 15) is 4.79 Å². The molecule has 2 atom stereocenters. The molecule has 1 rings (SSSR count). The fourth-order valence-electron chi connectivity index (χ4n) is 2.44. The van der Waals surface area contributed by atoms with Crippen LogP contribution in [0.1, 0.15) is 47.5 Å². The van der Waals surface area contributed by atoms with Gasteiger partial charge in [-0.15, -0.1) is 0 Å². The normalized spacial score (nSPS) is 21.3. The topological polar surface area (TPSA) is 41.6 Å². The largest absolute Gasteiger partial charge is 0.380 e. The van der Waals surface area contributed by atoms with Gasteiger partial charge in [-0.1, -0.05) is 20.8 Å². The number of likely N-dealkylation sites (tertiary alicyclic amines) is 1. The standard InChI is InChI=1S/C15H30N2O2/c1-11(12(2)19-6)16-13-7-9-17(10-8-13)14(18)15(3,4)5/h11-13,16H,7-10H2,1-6H3. The van der Waals surface area contributed by atoms with E-state index in [-0.39, 0.29) is 17.4 Å². The van der Waals surface area contributed by atoms with Gasteiger partial charge in [0.15, 0.2) is 0 Å². The summed E-state index contributed by atoms with van der Waals surface area (Å²) in [7, 11) is 1.74. The zero-order valence-corrected chi connectivity index (χ0v) is 13.3. The molecule has 1 aliphatic heterocycles. The van der Waals surface area contributed by atoms with Gasteiger partial charge in [-0.2, -0.15) is 0 Å². The molecule has 1 saturated heterocycles. The maximum absolute atomic E-state index is 12.2. The van der Waals surface area contributed by atoms with Crippen LogP contribution in [0.3, 0.4) is 0 Å². The molecule has 19 heavy (non-hydrogen) atoms. The maximum atomic E-state index is 12.2. The van der Waals surface area contributed by atoms with Crippen LogP contribution < -0.4 is 5.32 Å². The minimum atomic E-state index is -0.266. The van der Waals surface area contributed by atoms with Crippen LogP contribution in [0.4, 0.5) is 0 Å². The number of rotatable bonds is 4. The Labute approximate surface area is 117 Å². The van der Waals surface area contributed by atoms with E-state index in [0.717, 1.165) is 25.9 Å². The number of hydrogen-bond acceptors (Lipinski definition) is 3. The molecule has 1 heterocycles. The number of nitrogens with one attached hydrogen (secondary N) is 1. The molecule has 2 unspecified atom stereocenters. The summed E-state index contributed by atoms with van der Waals surface area (Å²) >= 11 is 0. The molecule has 0 spiro atoms. The Morgan fingerprint density at radius 3 is 2.21 bits per heavy atom. The molecular formula is C15H30N2O2. The number of carbonyl (C=O) groups is 1. The Morgan fingerprint density at radius 2 is 1.79 bits per heavy atom. The summed E-state index contributed by atoms with van der Waals surface area (Å²) in [6, 6.07) is 0.844. The van der Waals surface area contributed by atoms with E-state index in [2.05, 4.69) is 19.2 Å². The molecule has 1 N–H and O–H groups in total. The predicted octanol–water partition coefficient (Wildman–Crippen LogP) is 2.04. The Balaban J connectivity index is 2.39. The van der Waals surface area contributed by atoms with E-state index in [1.165, 1.54) is 0 Å². The monoisotopic (exact) mass is 270 g/mol. The SMILES string of the molecule is COC(C)C(C)NC1CCN(C(=O)C(C)(C)C)CC1. The molecular weight excluding hydrogens is 240 g/mol. The van der Waals surface area contributed by atoms with Crippen molar-refractivity contribution >= 4 is 5.91 Å². The zero-order valence-electron chi connectivity index (χ0n) is 13.3. The van der Waals surface area contributed by atoms with Crippen LogP contribution in [0.5, 0.6) is 0 Å². The van der Waals surface area contributed by atoms with E-state index in [1.54, 1.807) is 7.11 Å². The molecule has 0 saturated carbocycles. The van der Waals surface area contributed by atoms with Crippen molar-refractivity contribution in [2.45, 2.75) is 65.6 Å². The summed E-state index contributed by atoms with van der Waals surface area (Å²) in [5.41, 5.74) is -0.266. The zero-order chi connectivity index (χ0) is 14.6. The molecule has 0 aromatic rings. The van der Waals surface area contributed by atoms with Gasteiger partial charge in [-0.05, 0) is 26.7 Å². The molecule has 4 heteroatoms. The van der Waals surface area contributed by atoms with Gasteiger partial charge in [-0.3, -0.25) is 4.79 Å². The average molecular weight is 270 g/mol. The van der Waals surface area contributed by atoms with Gasteiger partial charge in [0.05, 0.1) is 6.10 Å². The smallest absolute Gasteiger partial charge is 0.227 e. The number of nitrogens with zero attached hydrogens (tertiary/aromatic N) is 1. The Kier molecular flexibility index (Phi) is 5.81. The van der Waals surface area contributed by atoms with Crippen molar-refractivity contribution in [2.75, 3.05) is 20.2 Å². The van der Waals surface area contributed by atoms with Crippen molar-refractivity contribution in [1.29, 1.82) is 0 Å². The van der Waals surface area contributed by atoms with Crippen LogP contribution in [0, 0.1) is 5.41 Å². The first-order valence-electron chi connectivity index (χ1n) is 7.34. The lowest BCUT2D eigenvalue weighted by molar-refractivity contribution is -0.140. The first-order valence-corrected chi connectivity index (χ1v) is 7.34. The van der Waals surface area contributed by atoms with Gasteiger partial charge < -0.3 is 15.0 Å². The first-order chi connectivity index (χ1) is 8.75. The molecule has 0 aromatic heterocycles. The quantitative estimate of drug-likeness (QED) is 0.850.